The molecular weight excluding hydrogens is 260 g/mol. The van der Waals surface area contributed by atoms with E-state index < -0.39 is 0 Å². The number of carbonyl (C=O) groups is 2. The molecule has 0 aromatic heterocycles. The van der Waals surface area contributed by atoms with Gasteiger partial charge in [-0.25, -0.2) is 0 Å². The third kappa shape index (κ3) is 2.08. The SMILES string of the molecule is C=C1CC[C@H](C(=C)C)[C@H]2C=C(C)C(=O)C3=C(C(=O)CC3)[C@H]12. The first-order valence-electron chi connectivity index (χ1n) is 7.74. The van der Waals surface area contributed by atoms with Crippen molar-refractivity contribution in [2.45, 2.75) is 39.5 Å². The van der Waals surface area contributed by atoms with Crippen LogP contribution in [-0.4, -0.2) is 11.6 Å². The molecule has 2 nitrogen and oxygen atoms in total. The first-order chi connectivity index (χ1) is 9.91. The second-order valence-electron chi connectivity index (χ2n) is 6.70. The third-order valence-corrected chi connectivity index (χ3v) is 5.31. The zero-order valence-corrected chi connectivity index (χ0v) is 12.9. The molecule has 0 bridgehead atoms. The van der Waals surface area contributed by atoms with Crippen LogP contribution in [0.4, 0.5) is 0 Å². The second kappa shape index (κ2) is 4.94. The normalized spacial score (nSPS) is 32.6. The Hall–Kier alpha value is -1.70. The molecule has 0 saturated heterocycles. The highest BCUT2D eigenvalue weighted by molar-refractivity contribution is 6.16. The van der Waals surface area contributed by atoms with E-state index in [0.29, 0.717) is 18.8 Å². The van der Waals surface area contributed by atoms with E-state index in [4.69, 9.17) is 0 Å². The smallest absolute Gasteiger partial charge is 0.184 e. The molecule has 2 heteroatoms. The average Bonchev–Trinajstić information content (AvgIpc) is 2.74. The number of Topliss-reactive ketones (excluding diaryl/α,β-unsaturated/α-hetero) is 2. The predicted octanol–water partition coefficient (Wildman–Crippen LogP) is 3.95. The molecule has 0 N–H and O–H groups in total. The Kier molecular flexibility index (Phi) is 3.35. The molecule has 21 heavy (non-hydrogen) atoms. The van der Waals surface area contributed by atoms with Gasteiger partial charge in [-0.05, 0) is 50.5 Å². The predicted molar refractivity (Wildman–Crippen MR) is 83.7 cm³/mol. The van der Waals surface area contributed by atoms with Crippen LogP contribution >= 0.6 is 0 Å². The molecule has 3 rings (SSSR count). The molecule has 3 aliphatic carbocycles. The van der Waals surface area contributed by atoms with E-state index in [-0.39, 0.29) is 23.4 Å². The summed E-state index contributed by atoms with van der Waals surface area (Å²) in [4.78, 5) is 25.0. The van der Waals surface area contributed by atoms with Gasteiger partial charge in [0.05, 0.1) is 0 Å². The number of allylic oxidation sites excluding steroid dienone is 6. The van der Waals surface area contributed by atoms with Crippen molar-refractivity contribution in [3.8, 4) is 0 Å². The molecule has 0 amide bonds. The third-order valence-electron chi connectivity index (χ3n) is 5.31. The summed E-state index contributed by atoms with van der Waals surface area (Å²) < 4.78 is 0. The van der Waals surface area contributed by atoms with Gasteiger partial charge in [0.2, 0.25) is 0 Å². The highest BCUT2D eigenvalue weighted by Gasteiger charge is 2.44. The summed E-state index contributed by atoms with van der Waals surface area (Å²) in [5.74, 6) is 0.746. The summed E-state index contributed by atoms with van der Waals surface area (Å²) in [6.45, 7) is 12.3. The molecule has 110 valence electrons. The van der Waals surface area contributed by atoms with Crippen molar-refractivity contribution in [1.29, 1.82) is 0 Å². The first-order valence-corrected chi connectivity index (χ1v) is 7.74. The average molecular weight is 282 g/mol. The highest BCUT2D eigenvalue weighted by Crippen LogP contribution is 2.50. The number of fused-ring (bicyclic) bond motifs is 2. The van der Waals surface area contributed by atoms with Crippen LogP contribution in [0.5, 0.6) is 0 Å². The molecule has 0 aromatic carbocycles. The van der Waals surface area contributed by atoms with E-state index in [2.05, 4.69) is 26.2 Å². The minimum atomic E-state index is 0.0202. The fraction of sp³-hybridized carbons (Fsp3) is 0.474. The second-order valence-corrected chi connectivity index (χ2v) is 6.70. The van der Waals surface area contributed by atoms with Crippen LogP contribution in [0.2, 0.25) is 0 Å². The number of rotatable bonds is 1. The number of carbonyl (C=O) groups excluding carboxylic acids is 2. The van der Waals surface area contributed by atoms with Gasteiger partial charge in [-0.1, -0.05) is 30.4 Å². The van der Waals surface area contributed by atoms with Crippen molar-refractivity contribution in [2.24, 2.45) is 17.8 Å². The van der Waals surface area contributed by atoms with Crippen LogP contribution < -0.4 is 0 Å². The summed E-state index contributed by atoms with van der Waals surface area (Å²) in [5.41, 5.74) is 4.56. The lowest BCUT2D eigenvalue weighted by atomic mass is 9.65. The Morgan fingerprint density at radius 2 is 1.95 bits per heavy atom. The van der Waals surface area contributed by atoms with Crippen LogP contribution in [0.25, 0.3) is 0 Å². The molecule has 0 aromatic rings. The first kappa shape index (κ1) is 14.2. The molecule has 0 heterocycles. The summed E-state index contributed by atoms with van der Waals surface area (Å²) in [6, 6.07) is 0. The Morgan fingerprint density at radius 3 is 2.62 bits per heavy atom. The van der Waals surface area contributed by atoms with E-state index in [1.165, 1.54) is 0 Å². The van der Waals surface area contributed by atoms with Crippen LogP contribution in [0.15, 0.2) is 47.1 Å². The summed E-state index contributed by atoms with van der Waals surface area (Å²) in [7, 11) is 0. The Labute approximate surface area is 126 Å². The standard InChI is InChI=1S/C19H22O2/c1-10(2)13-6-5-11(3)17-15(13)9-12(4)19(21)14-7-8-16(20)18(14)17/h9,13,15,17H,1,3,5-8H2,2,4H3/t13-,15-,17-/m1/s1. The molecule has 1 saturated carbocycles. The fourth-order valence-corrected chi connectivity index (χ4v) is 4.25. The minimum Gasteiger partial charge on any atom is -0.295 e. The van der Waals surface area contributed by atoms with Crippen molar-refractivity contribution in [2.75, 3.05) is 0 Å². The van der Waals surface area contributed by atoms with E-state index in [1.54, 1.807) is 0 Å². The monoisotopic (exact) mass is 282 g/mol. The summed E-state index contributed by atoms with van der Waals surface area (Å²) in [5, 5.41) is 0. The van der Waals surface area contributed by atoms with Crippen molar-refractivity contribution in [1.82, 2.24) is 0 Å². The van der Waals surface area contributed by atoms with E-state index in [1.807, 2.05) is 6.92 Å². The lowest BCUT2D eigenvalue weighted by Crippen LogP contribution is -2.31. The molecule has 3 aliphatic rings. The van der Waals surface area contributed by atoms with Crippen LogP contribution in [0.1, 0.15) is 39.5 Å². The van der Waals surface area contributed by atoms with Gasteiger partial charge in [0.25, 0.3) is 0 Å². The Balaban J connectivity index is 2.19. The number of hydrogen-bond donors (Lipinski definition) is 0. The zero-order valence-electron chi connectivity index (χ0n) is 12.9. The minimum absolute atomic E-state index is 0.0202. The maximum atomic E-state index is 12.6. The highest BCUT2D eigenvalue weighted by atomic mass is 16.1. The molecule has 0 radical (unpaired) electrons. The summed E-state index contributed by atoms with van der Waals surface area (Å²) in [6.07, 6.45) is 5.11. The van der Waals surface area contributed by atoms with Gasteiger partial charge >= 0.3 is 0 Å². The van der Waals surface area contributed by atoms with Gasteiger partial charge in [-0.3, -0.25) is 9.59 Å². The van der Waals surface area contributed by atoms with Gasteiger partial charge in [0.15, 0.2) is 11.6 Å². The number of ketones is 2. The van der Waals surface area contributed by atoms with Crippen LogP contribution in [0.3, 0.4) is 0 Å². The van der Waals surface area contributed by atoms with Gasteiger partial charge in [-0.2, -0.15) is 0 Å². The van der Waals surface area contributed by atoms with Crippen molar-refractivity contribution >= 4 is 11.6 Å². The fourth-order valence-electron chi connectivity index (χ4n) is 4.25. The molecule has 1 fully saturated rings. The van der Waals surface area contributed by atoms with E-state index >= 15 is 0 Å². The quantitative estimate of drug-likeness (QED) is 0.682. The Morgan fingerprint density at radius 1 is 1.24 bits per heavy atom. The maximum absolute atomic E-state index is 12.6. The van der Waals surface area contributed by atoms with Crippen molar-refractivity contribution < 1.29 is 9.59 Å². The maximum Gasteiger partial charge on any atom is 0.184 e. The van der Waals surface area contributed by atoms with E-state index in [0.717, 1.165) is 40.7 Å². The largest absolute Gasteiger partial charge is 0.295 e. The summed E-state index contributed by atoms with van der Waals surface area (Å²) >= 11 is 0. The molecule has 0 aliphatic heterocycles. The van der Waals surface area contributed by atoms with Gasteiger partial charge in [-0.15, -0.1) is 0 Å². The van der Waals surface area contributed by atoms with Crippen molar-refractivity contribution in [3.63, 3.8) is 0 Å². The topological polar surface area (TPSA) is 34.1 Å². The lowest BCUT2D eigenvalue weighted by molar-refractivity contribution is -0.115. The zero-order chi connectivity index (χ0) is 15.3. The van der Waals surface area contributed by atoms with Gasteiger partial charge in [0.1, 0.15) is 0 Å². The van der Waals surface area contributed by atoms with Gasteiger partial charge < -0.3 is 0 Å². The Bertz CT molecular complexity index is 630. The molecular formula is C19H22O2. The molecule has 3 atom stereocenters. The number of hydrogen-bond acceptors (Lipinski definition) is 2. The van der Waals surface area contributed by atoms with Gasteiger partial charge in [0, 0.05) is 23.5 Å². The van der Waals surface area contributed by atoms with E-state index in [9.17, 15) is 9.59 Å². The molecule has 0 spiro atoms. The lowest BCUT2D eigenvalue weighted by Gasteiger charge is -2.39. The van der Waals surface area contributed by atoms with Crippen molar-refractivity contribution in [3.05, 3.63) is 47.1 Å². The molecule has 0 unspecified atom stereocenters. The van der Waals surface area contributed by atoms with Crippen LogP contribution in [0, 0.1) is 17.8 Å². The van der Waals surface area contributed by atoms with Crippen LogP contribution in [-0.2, 0) is 9.59 Å².